The van der Waals surface area contributed by atoms with E-state index < -0.39 is 0 Å². The van der Waals surface area contributed by atoms with Crippen LogP contribution < -0.4 is 5.56 Å². The van der Waals surface area contributed by atoms with Crippen molar-refractivity contribution in [1.82, 2.24) is 24.6 Å². The second kappa shape index (κ2) is 6.46. The predicted molar refractivity (Wildman–Crippen MR) is 103 cm³/mol. The highest BCUT2D eigenvalue weighted by Gasteiger charge is 2.29. The zero-order valence-corrected chi connectivity index (χ0v) is 15.5. The Balaban J connectivity index is 1.40. The normalized spacial score (nSPS) is 17.1. The van der Waals surface area contributed by atoms with Gasteiger partial charge in [-0.25, -0.2) is 4.98 Å². The van der Waals surface area contributed by atoms with Gasteiger partial charge in [0.05, 0.1) is 17.0 Å². The number of fused-ring (bicyclic) bond motifs is 1. The fraction of sp³-hybridized carbons (Fsp3) is 0.381. The summed E-state index contributed by atoms with van der Waals surface area (Å²) < 4.78 is 1.87. The smallest absolute Gasteiger partial charge is 0.255 e. The van der Waals surface area contributed by atoms with E-state index in [1.54, 1.807) is 0 Å². The Morgan fingerprint density at radius 3 is 2.81 bits per heavy atom. The van der Waals surface area contributed by atoms with Crippen molar-refractivity contribution in [3.05, 3.63) is 69.5 Å². The summed E-state index contributed by atoms with van der Waals surface area (Å²) in [4.78, 5) is 22.6. The van der Waals surface area contributed by atoms with Gasteiger partial charge in [0, 0.05) is 56.3 Å². The van der Waals surface area contributed by atoms with Crippen LogP contribution in [0.3, 0.4) is 0 Å². The molecule has 0 atom stereocenters. The molecule has 0 saturated heterocycles. The predicted octanol–water partition coefficient (Wildman–Crippen LogP) is 2.61. The first-order chi connectivity index (χ1) is 13.2. The zero-order valence-electron chi connectivity index (χ0n) is 15.5. The van der Waals surface area contributed by atoms with E-state index in [1.807, 2.05) is 29.9 Å². The fourth-order valence-corrected chi connectivity index (χ4v) is 3.92. The molecule has 5 rings (SSSR count). The molecule has 1 N–H and O–H groups in total. The largest absolute Gasteiger partial charge is 0.310 e. The van der Waals surface area contributed by atoms with Gasteiger partial charge in [0.1, 0.15) is 5.82 Å². The van der Waals surface area contributed by atoms with Crippen molar-refractivity contribution < 1.29 is 0 Å². The van der Waals surface area contributed by atoms with Crippen LogP contribution in [0.15, 0.2) is 41.3 Å². The summed E-state index contributed by atoms with van der Waals surface area (Å²) in [5.74, 6) is 1.37. The molecule has 1 saturated carbocycles. The number of nitrogens with zero attached hydrogens (tertiary/aromatic N) is 4. The van der Waals surface area contributed by atoms with Gasteiger partial charge in [-0.1, -0.05) is 30.3 Å². The maximum Gasteiger partial charge on any atom is 0.255 e. The number of hydrogen-bond acceptors (Lipinski definition) is 4. The number of nitrogens with one attached hydrogen (secondary N) is 1. The molecule has 0 amide bonds. The van der Waals surface area contributed by atoms with E-state index in [1.165, 1.54) is 5.56 Å². The van der Waals surface area contributed by atoms with Gasteiger partial charge in [-0.15, -0.1) is 0 Å². The molecular formula is C21H23N5O. The van der Waals surface area contributed by atoms with Gasteiger partial charge < -0.3 is 4.98 Å². The fourth-order valence-electron chi connectivity index (χ4n) is 3.92. The molecule has 2 aliphatic rings. The second-order valence-electron chi connectivity index (χ2n) is 7.65. The number of H-pyrrole nitrogens is 1. The van der Waals surface area contributed by atoms with Crippen LogP contribution in [-0.4, -0.2) is 31.2 Å². The molecule has 1 fully saturated rings. The molecule has 0 bridgehead atoms. The van der Waals surface area contributed by atoms with Gasteiger partial charge in [-0.3, -0.25) is 14.4 Å². The minimum absolute atomic E-state index is 0.0427. The summed E-state index contributed by atoms with van der Waals surface area (Å²) in [5, 5.41) is 4.66. The SMILES string of the molecule is Cn1cc(CN2CCc3nc(C4CC4)[nH]c(=O)c3C2)c(-c2ccccc2)n1. The average molecular weight is 361 g/mol. The lowest BCUT2D eigenvalue weighted by Gasteiger charge is -2.27. The summed E-state index contributed by atoms with van der Waals surface area (Å²) in [6.45, 7) is 2.34. The van der Waals surface area contributed by atoms with E-state index in [9.17, 15) is 4.79 Å². The standard InChI is InChI=1S/C21H23N5O/c1-25-11-16(19(24-25)14-5-3-2-4-6-14)12-26-10-9-18-17(13-26)21(27)23-20(22-18)15-7-8-15/h2-6,11,15H,7-10,12-13H2,1H3,(H,22,23,27). The zero-order chi connectivity index (χ0) is 18.4. The Kier molecular flexibility index (Phi) is 3.93. The van der Waals surface area contributed by atoms with E-state index in [2.05, 4.69) is 33.3 Å². The van der Waals surface area contributed by atoms with Gasteiger partial charge in [0.15, 0.2) is 0 Å². The molecule has 27 heavy (non-hydrogen) atoms. The first-order valence-corrected chi connectivity index (χ1v) is 9.59. The van der Waals surface area contributed by atoms with Crippen LogP contribution >= 0.6 is 0 Å². The Morgan fingerprint density at radius 2 is 2.04 bits per heavy atom. The van der Waals surface area contributed by atoms with Crippen LogP contribution in [0.25, 0.3) is 11.3 Å². The molecule has 6 heteroatoms. The Morgan fingerprint density at radius 1 is 1.22 bits per heavy atom. The molecule has 2 aromatic heterocycles. The number of aryl methyl sites for hydroxylation is 1. The quantitative estimate of drug-likeness (QED) is 0.776. The average Bonchev–Trinajstić information content (AvgIpc) is 3.46. The Bertz CT molecular complexity index is 1030. The van der Waals surface area contributed by atoms with Crippen molar-refractivity contribution in [3.8, 4) is 11.3 Å². The van der Waals surface area contributed by atoms with Gasteiger partial charge in [-0.05, 0) is 12.8 Å². The molecular weight excluding hydrogens is 338 g/mol. The lowest BCUT2D eigenvalue weighted by molar-refractivity contribution is 0.241. The summed E-state index contributed by atoms with van der Waals surface area (Å²) in [5.41, 5.74) is 5.19. The number of benzene rings is 1. The molecule has 138 valence electrons. The second-order valence-corrected chi connectivity index (χ2v) is 7.65. The lowest BCUT2D eigenvalue weighted by Crippen LogP contribution is -2.35. The highest BCUT2D eigenvalue weighted by atomic mass is 16.1. The molecule has 6 nitrogen and oxygen atoms in total. The number of rotatable bonds is 4. The highest BCUT2D eigenvalue weighted by Crippen LogP contribution is 2.37. The van der Waals surface area contributed by atoms with E-state index in [-0.39, 0.29) is 5.56 Å². The highest BCUT2D eigenvalue weighted by molar-refractivity contribution is 5.62. The Hall–Kier alpha value is -2.73. The first-order valence-electron chi connectivity index (χ1n) is 9.59. The van der Waals surface area contributed by atoms with Crippen molar-refractivity contribution in [2.75, 3.05) is 6.54 Å². The Labute approximate surface area is 157 Å². The van der Waals surface area contributed by atoms with Crippen molar-refractivity contribution in [3.63, 3.8) is 0 Å². The van der Waals surface area contributed by atoms with Crippen LogP contribution in [0, 0.1) is 0 Å². The van der Waals surface area contributed by atoms with Crippen LogP contribution in [0.5, 0.6) is 0 Å². The van der Waals surface area contributed by atoms with Crippen molar-refractivity contribution in [2.24, 2.45) is 7.05 Å². The van der Waals surface area contributed by atoms with Gasteiger partial charge in [0.2, 0.25) is 0 Å². The minimum Gasteiger partial charge on any atom is -0.310 e. The molecule has 0 spiro atoms. The van der Waals surface area contributed by atoms with Gasteiger partial charge in [0.25, 0.3) is 5.56 Å². The van der Waals surface area contributed by atoms with Crippen LogP contribution in [0.1, 0.15) is 41.4 Å². The molecule has 1 aliphatic carbocycles. The molecule has 1 aliphatic heterocycles. The third-order valence-electron chi connectivity index (χ3n) is 5.48. The van der Waals surface area contributed by atoms with E-state index in [4.69, 9.17) is 4.98 Å². The van der Waals surface area contributed by atoms with Crippen molar-refractivity contribution >= 4 is 0 Å². The van der Waals surface area contributed by atoms with E-state index >= 15 is 0 Å². The number of hydrogen-bond donors (Lipinski definition) is 1. The van der Waals surface area contributed by atoms with E-state index in [0.717, 1.165) is 60.7 Å². The first kappa shape index (κ1) is 16.4. The van der Waals surface area contributed by atoms with Gasteiger partial charge in [-0.2, -0.15) is 5.10 Å². The van der Waals surface area contributed by atoms with Crippen LogP contribution in [-0.2, 0) is 26.6 Å². The summed E-state index contributed by atoms with van der Waals surface area (Å²) >= 11 is 0. The third kappa shape index (κ3) is 3.21. The molecule has 1 aromatic carbocycles. The van der Waals surface area contributed by atoms with E-state index in [0.29, 0.717) is 12.5 Å². The molecule has 3 heterocycles. The maximum absolute atomic E-state index is 12.6. The summed E-state index contributed by atoms with van der Waals surface area (Å²) in [6, 6.07) is 10.3. The molecule has 0 radical (unpaired) electrons. The molecule has 3 aromatic rings. The van der Waals surface area contributed by atoms with Crippen LogP contribution in [0.2, 0.25) is 0 Å². The number of aromatic amines is 1. The summed E-state index contributed by atoms with van der Waals surface area (Å²) in [7, 11) is 1.95. The molecule has 0 unspecified atom stereocenters. The van der Waals surface area contributed by atoms with Crippen molar-refractivity contribution in [2.45, 2.75) is 38.3 Å². The lowest BCUT2D eigenvalue weighted by atomic mass is 10.0. The maximum atomic E-state index is 12.6. The third-order valence-corrected chi connectivity index (χ3v) is 5.48. The monoisotopic (exact) mass is 361 g/mol. The number of aromatic nitrogens is 4. The van der Waals surface area contributed by atoms with Crippen LogP contribution in [0.4, 0.5) is 0 Å². The van der Waals surface area contributed by atoms with Crippen molar-refractivity contribution in [1.29, 1.82) is 0 Å². The summed E-state index contributed by atoms with van der Waals surface area (Å²) in [6.07, 6.45) is 5.21. The topological polar surface area (TPSA) is 66.8 Å². The minimum atomic E-state index is 0.0427. The van der Waals surface area contributed by atoms with Gasteiger partial charge >= 0.3 is 0 Å².